The zero-order valence-electron chi connectivity index (χ0n) is 8.34. The van der Waals surface area contributed by atoms with E-state index in [4.69, 9.17) is 0 Å². The lowest BCUT2D eigenvalue weighted by Crippen LogP contribution is -2.41. The monoisotopic (exact) mass is 222 g/mol. The molecule has 0 saturated heterocycles. The summed E-state index contributed by atoms with van der Waals surface area (Å²) in [5.41, 5.74) is -2.60. The predicted molar refractivity (Wildman–Crippen MR) is 45.1 cm³/mol. The number of ketones is 1. The van der Waals surface area contributed by atoms with Gasteiger partial charge in [-0.3, -0.25) is 9.59 Å². The number of hydrogen-bond donors (Lipinski definition) is 0. The molecule has 84 valence electrons. The van der Waals surface area contributed by atoms with Gasteiger partial charge in [0.2, 0.25) is 5.71 Å². The van der Waals surface area contributed by atoms with Crippen LogP contribution in [0, 0.1) is 0 Å². The highest BCUT2D eigenvalue weighted by atomic mass is 19.4. The number of rotatable bonds is 0. The fourth-order valence-corrected chi connectivity index (χ4v) is 1.03. The van der Waals surface area contributed by atoms with E-state index in [0.29, 0.717) is 5.01 Å². The maximum absolute atomic E-state index is 12.2. The highest BCUT2D eigenvalue weighted by molar-refractivity contribution is 6.67. The zero-order chi connectivity index (χ0) is 12.0. The second kappa shape index (κ2) is 3.04. The van der Waals surface area contributed by atoms with Crippen LogP contribution in [0.3, 0.4) is 0 Å². The molecule has 0 atom stereocenters. The van der Waals surface area contributed by atoms with Crippen LogP contribution < -0.4 is 0 Å². The van der Waals surface area contributed by atoms with Crippen LogP contribution in [0.4, 0.5) is 13.2 Å². The van der Waals surface area contributed by atoms with Crippen molar-refractivity contribution in [2.45, 2.75) is 32.5 Å². The number of hydrazone groups is 1. The SMILES string of the molecule is CC(C)(C)N1N=C(C(F)(F)F)C(=O)C1=O. The van der Waals surface area contributed by atoms with Crippen molar-refractivity contribution in [2.24, 2.45) is 5.10 Å². The Kier molecular flexibility index (Phi) is 2.37. The van der Waals surface area contributed by atoms with E-state index in [1.807, 2.05) is 0 Å². The lowest BCUT2D eigenvalue weighted by atomic mass is 10.1. The van der Waals surface area contributed by atoms with Gasteiger partial charge in [0.1, 0.15) is 0 Å². The number of Topliss-reactive ketones (excluding diaryl/α,β-unsaturated/α-hetero) is 1. The van der Waals surface area contributed by atoms with Gasteiger partial charge in [0.05, 0.1) is 5.54 Å². The number of halogens is 3. The molecule has 1 aliphatic rings. The fraction of sp³-hybridized carbons (Fsp3) is 0.625. The van der Waals surface area contributed by atoms with Crippen LogP contribution in [0.1, 0.15) is 20.8 Å². The van der Waals surface area contributed by atoms with E-state index in [0.717, 1.165) is 0 Å². The average molecular weight is 222 g/mol. The molecule has 1 rings (SSSR count). The van der Waals surface area contributed by atoms with Gasteiger partial charge < -0.3 is 0 Å². The van der Waals surface area contributed by atoms with E-state index in [1.165, 1.54) is 20.8 Å². The Labute approximate surface area is 83.7 Å². The third-order valence-electron chi connectivity index (χ3n) is 1.71. The summed E-state index contributed by atoms with van der Waals surface area (Å²) in [4.78, 5) is 22.1. The molecule has 0 fully saturated rings. The minimum absolute atomic E-state index is 0.554. The van der Waals surface area contributed by atoms with Crippen LogP contribution >= 0.6 is 0 Å². The first-order chi connectivity index (χ1) is 6.55. The van der Waals surface area contributed by atoms with Crippen molar-refractivity contribution in [3.05, 3.63) is 0 Å². The first-order valence-electron chi connectivity index (χ1n) is 4.10. The van der Waals surface area contributed by atoms with E-state index >= 15 is 0 Å². The molecule has 4 nitrogen and oxygen atoms in total. The Morgan fingerprint density at radius 1 is 1.13 bits per heavy atom. The molecule has 1 aliphatic heterocycles. The largest absolute Gasteiger partial charge is 0.439 e. The van der Waals surface area contributed by atoms with E-state index < -0.39 is 29.1 Å². The Bertz CT molecular complexity index is 352. The van der Waals surface area contributed by atoms with E-state index in [1.54, 1.807) is 0 Å². The van der Waals surface area contributed by atoms with Gasteiger partial charge in [-0.05, 0) is 20.8 Å². The van der Waals surface area contributed by atoms with Gasteiger partial charge in [0.25, 0.3) is 5.78 Å². The molecule has 0 N–H and O–H groups in total. The van der Waals surface area contributed by atoms with E-state index in [-0.39, 0.29) is 0 Å². The average Bonchev–Trinajstić information content (AvgIpc) is 2.26. The summed E-state index contributed by atoms with van der Waals surface area (Å²) in [7, 11) is 0. The molecule has 1 heterocycles. The minimum Gasteiger partial charge on any atom is -0.281 e. The van der Waals surface area contributed by atoms with Gasteiger partial charge >= 0.3 is 12.1 Å². The van der Waals surface area contributed by atoms with Crippen LogP contribution in [0.25, 0.3) is 0 Å². The molecule has 15 heavy (non-hydrogen) atoms. The second-order valence-electron chi connectivity index (χ2n) is 4.06. The number of alkyl halides is 3. The van der Waals surface area contributed by atoms with Crippen molar-refractivity contribution in [3.8, 4) is 0 Å². The molecule has 0 radical (unpaired) electrons. The molecule has 0 aromatic rings. The number of amides is 1. The summed E-state index contributed by atoms with van der Waals surface area (Å²) in [5, 5.41) is 3.57. The van der Waals surface area contributed by atoms with Crippen molar-refractivity contribution in [3.63, 3.8) is 0 Å². The van der Waals surface area contributed by atoms with E-state index in [9.17, 15) is 22.8 Å². The summed E-state index contributed by atoms with van der Waals surface area (Å²) in [5.74, 6) is -2.84. The third kappa shape index (κ3) is 2.00. The summed E-state index contributed by atoms with van der Waals surface area (Å²) >= 11 is 0. The Morgan fingerprint density at radius 3 is 1.80 bits per heavy atom. The maximum atomic E-state index is 12.2. The Balaban J connectivity index is 3.14. The second-order valence-corrected chi connectivity index (χ2v) is 4.06. The first-order valence-corrected chi connectivity index (χ1v) is 4.10. The highest BCUT2D eigenvalue weighted by Crippen LogP contribution is 2.26. The minimum atomic E-state index is -4.88. The smallest absolute Gasteiger partial charge is 0.281 e. The normalized spacial score (nSPS) is 18.5. The molecule has 0 unspecified atom stereocenters. The van der Waals surface area contributed by atoms with Crippen LogP contribution in [-0.2, 0) is 9.59 Å². The van der Waals surface area contributed by atoms with Crippen LogP contribution in [0.5, 0.6) is 0 Å². The summed E-state index contributed by atoms with van der Waals surface area (Å²) in [6.07, 6.45) is -4.88. The lowest BCUT2D eigenvalue weighted by molar-refractivity contribution is -0.143. The van der Waals surface area contributed by atoms with Crippen molar-refractivity contribution < 1.29 is 22.8 Å². The van der Waals surface area contributed by atoms with Crippen LogP contribution in [-0.4, -0.2) is 34.1 Å². The Morgan fingerprint density at radius 2 is 1.60 bits per heavy atom. The van der Waals surface area contributed by atoms with Crippen LogP contribution in [0.2, 0.25) is 0 Å². The standard InChI is InChI=1S/C8H9F3N2O2/c1-7(2,3)13-6(15)4(14)5(12-13)8(9,10)11/h1-3H3. The summed E-state index contributed by atoms with van der Waals surface area (Å²) in [6.45, 7) is 4.46. The Hall–Kier alpha value is -1.40. The molecule has 0 spiro atoms. The van der Waals surface area contributed by atoms with Crippen molar-refractivity contribution >= 4 is 17.4 Å². The third-order valence-corrected chi connectivity index (χ3v) is 1.71. The number of hydrogen-bond acceptors (Lipinski definition) is 3. The van der Waals surface area contributed by atoms with Gasteiger partial charge in [0.15, 0.2) is 0 Å². The molecule has 7 heteroatoms. The van der Waals surface area contributed by atoms with Gasteiger partial charge in [-0.25, -0.2) is 5.01 Å². The predicted octanol–water partition coefficient (Wildman–Crippen LogP) is 1.11. The summed E-state index contributed by atoms with van der Waals surface area (Å²) < 4.78 is 36.6. The first kappa shape index (κ1) is 11.7. The van der Waals surface area contributed by atoms with Gasteiger partial charge in [-0.15, -0.1) is 0 Å². The molecule has 0 aliphatic carbocycles. The van der Waals surface area contributed by atoms with Gasteiger partial charge in [0, 0.05) is 0 Å². The van der Waals surface area contributed by atoms with E-state index in [2.05, 4.69) is 5.10 Å². The van der Waals surface area contributed by atoms with Crippen molar-refractivity contribution in [1.29, 1.82) is 0 Å². The zero-order valence-corrected chi connectivity index (χ0v) is 8.34. The molecule has 0 bridgehead atoms. The fourth-order valence-electron chi connectivity index (χ4n) is 1.03. The molecule has 0 aromatic heterocycles. The number of carbonyl (C=O) groups is 2. The molecule has 0 aromatic carbocycles. The molecular formula is C8H9F3N2O2. The van der Waals surface area contributed by atoms with Crippen molar-refractivity contribution in [2.75, 3.05) is 0 Å². The maximum Gasteiger partial charge on any atom is 0.439 e. The molecule has 0 saturated carbocycles. The van der Waals surface area contributed by atoms with Gasteiger partial charge in [-0.2, -0.15) is 18.3 Å². The topological polar surface area (TPSA) is 49.7 Å². The van der Waals surface area contributed by atoms with Crippen LogP contribution in [0.15, 0.2) is 5.10 Å². The van der Waals surface area contributed by atoms with Crippen molar-refractivity contribution in [1.82, 2.24) is 5.01 Å². The summed E-state index contributed by atoms with van der Waals surface area (Å²) in [6, 6.07) is 0. The number of carbonyl (C=O) groups excluding carboxylic acids is 2. The highest BCUT2D eigenvalue weighted by Gasteiger charge is 2.51. The van der Waals surface area contributed by atoms with Gasteiger partial charge in [-0.1, -0.05) is 0 Å². The molecule has 1 amide bonds. The molecular weight excluding hydrogens is 213 g/mol. The lowest BCUT2D eigenvalue weighted by Gasteiger charge is -2.26. The quantitative estimate of drug-likeness (QED) is 0.576. The number of nitrogens with zero attached hydrogens (tertiary/aromatic N) is 2.